The molecule has 3 aromatic rings. The topological polar surface area (TPSA) is 74.6 Å². The van der Waals surface area contributed by atoms with E-state index in [0.717, 1.165) is 47.7 Å². The van der Waals surface area contributed by atoms with Crippen molar-refractivity contribution < 1.29 is 19.0 Å². The number of methoxy groups -OCH3 is 2. The van der Waals surface area contributed by atoms with Gasteiger partial charge in [0.1, 0.15) is 11.5 Å². The highest BCUT2D eigenvalue weighted by molar-refractivity contribution is 5.77. The van der Waals surface area contributed by atoms with Crippen LogP contribution in [-0.4, -0.2) is 49.2 Å². The van der Waals surface area contributed by atoms with Gasteiger partial charge in [-0.05, 0) is 55.2 Å². The number of aryl methyl sites for hydroxylation is 1. The standard InChI is InChI=1S/C25H29N3O4/c1-30-20-11-12-23(31-2)22(15-20)25-18(17-28(27-25)19-7-4-3-5-8-19)10-13-24(29)26-16-21-9-6-14-32-21/h3-5,7-8,11-12,15,17,21H,6,9-10,13-14,16H2,1-2H3,(H,26,29)/t21-/m0/s1. The number of nitrogens with zero attached hydrogens (tertiary/aromatic N) is 2. The maximum atomic E-state index is 12.5. The van der Waals surface area contributed by atoms with Crippen molar-refractivity contribution in [3.8, 4) is 28.4 Å². The number of benzene rings is 2. The van der Waals surface area contributed by atoms with Crippen LogP contribution in [0, 0.1) is 0 Å². The second-order valence-electron chi connectivity index (χ2n) is 7.79. The van der Waals surface area contributed by atoms with Crippen LogP contribution in [0.2, 0.25) is 0 Å². The van der Waals surface area contributed by atoms with E-state index in [-0.39, 0.29) is 12.0 Å². The van der Waals surface area contributed by atoms with E-state index in [1.165, 1.54) is 0 Å². The fourth-order valence-electron chi connectivity index (χ4n) is 3.90. The van der Waals surface area contributed by atoms with Crippen molar-refractivity contribution in [3.63, 3.8) is 0 Å². The first-order valence-electron chi connectivity index (χ1n) is 10.9. The zero-order valence-electron chi connectivity index (χ0n) is 18.5. The van der Waals surface area contributed by atoms with Crippen LogP contribution in [0.4, 0.5) is 0 Å². The molecule has 0 radical (unpaired) electrons. The van der Waals surface area contributed by atoms with Crippen molar-refractivity contribution in [1.29, 1.82) is 0 Å². The lowest BCUT2D eigenvalue weighted by molar-refractivity contribution is -0.121. The highest BCUT2D eigenvalue weighted by atomic mass is 16.5. The van der Waals surface area contributed by atoms with Crippen LogP contribution >= 0.6 is 0 Å². The van der Waals surface area contributed by atoms with Crippen molar-refractivity contribution >= 4 is 5.91 Å². The van der Waals surface area contributed by atoms with Gasteiger partial charge in [-0.15, -0.1) is 0 Å². The van der Waals surface area contributed by atoms with E-state index in [2.05, 4.69) is 5.32 Å². The summed E-state index contributed by atoms with van der Waals surface area (Å²) in [5.41, 5.74) is 3.52. The van der Waals surface area contributed by atoms with Crippen molar-refractivity contribution in [2.75, 3.05) is 27.4 Å². The zero-order chi connectivity index (χ0) is 22.3. The molecule has 2 heterocycles. The molecule has 1 aliphatic heterocycles. The Bertz CT molecular complexity index is 1040. The van der Waals surface area contributed by atoms with Crippen molar-refractivity contribution in [2.45, 2.75) is 31.8 Å². The number of hydrogen-bond acceptors (Lipinski definition) is 5. The van der Waals surface area contributed by atoms with E-state index in [1.807, 2.05) is 59.4 Å². The monoisotopic (exact) mass is 435 g/mol. The van der Waals surface area contributed by atoms with E-state index < -0.39 is 0 Å². The molecule has 1 aliphatic rings. The minimum Gasteiger partial charge on any atom is -0.497 e. The summed E-state index contributed by atoms with van der Waals surface area (Å²) in [5, 5.41) is 7.85. The Morgan fingerprint density at radius 3 is 2.75 bits per heavy atom. The van der Waals surface area contributed by atoms with Gasteiger partial charge < -0.3 is 19.5 Å². The summed E-state index contributed by atoms with van der Waals surface area (Å²) in [5.74, 6) is 1.43. The SMILES string of the molecule is COc1ccc(OC)c(-c2nn(-c3ccccc3)cc2CCC(=O)NC[C@@H]2CCCO2)c1. The second kappa shape index (κ2) is 10.3. The normalized spacial score (nSPS) is 15.5. The molecule has 1 aromatic heterocycles. The van der Waals surface area contributed by atoms with Crippen LogP contribution in [0.3, 0.4) is 0 Å². The highest BCUT2D eigenvalue weighted by Crippen LogP contribution is 2.35. The van der Waals surface area contributed by atoms with E-state index >= 15 is 0 Å². The molecule has 1 atom stereocenters. The summed E-state index contributed by atoms with van der Waals surface area (Å²) in [6.45, 7) is 1.35. The molecule has 32 heavy (non-hydrogen) atoms. The van der Waals surface area contributed by atoms with Crippen LogP contribution in [0.15, 0.2) is 54.7 Å². The Kier molecular flexibility index (Phi) is 7.07. The zero-order valence-corrected chi connectivity index (χ0v) is 18.5. The molecule has 0 spiro atoms. The molecule has 1 saturated heterocycles. The van der Waals surface area contributed by atoms with Gasteiger partial charge in [0, 0.05) is 31.3 Å². The summed E-state index contributed by atoms with van der Waals surface area (Å²) in [7, 11) is 3.27. The average molecular weight is 436 g/mol. The Hall–Kier alpha value is -3.32. The van der Waals surface area contributed by atoms with Gasteiger partial charge in [0.2, 0.25) is 5.91 Å². The van der Waals surface area contributed by atoms with Crippen molar-refractivity contribution in [1.82, 2.24) is 15.1 Å². The Morgan fingerprint density at radius 2 is 2.03 bits per heavy atom. The lowest BCUT2D eigenvalue weighted by atomic mass is 10.0. The predicted octanol–water partition coefficient (Wildman–Crippen LogP) is 3.78. The van der Waals surface area contributed by atoms with Crippen LogP contribution in [0.5, 0.6) is 11.5 Å². The average Bonchev–Trinajstić information content (AvgIpc) is 3.51. The maximum Gasteiger partial charge on any atom is 0.220 e. The third-order valence-corrected chi connectivity index (χ3v) is 5.64. The van der Waals surface area contributed by atoms with E-state index in [0.29, 0.717) is 25.1 Å². The largest absolute Gasteiger partial charge is 0.497 e. The number of para-hydroxylation sites is 1. The predicted molar refractivity (Wildman–Crippen MR) is 122 cm³/mol. The van der Waals surface area contributed by atoms with Crippen LogP contribution in [-0.2, 0) is 16.0 Å². The van der Waals surface area contributed by atoms with Crippen molar-refractivity contribution in [3.05, 3.63) is 60.3 Å². The molecule has 1 amide bonds. The number of carbonyl (C=O) groups excluding carboxylic acids is 1. The summed E-state index contributed by atoms with van der Waals surface area (Å²) in [6.07, 6.45) is 5.11. The first kappa shape index (κ1) is 21.9. The number of rotatable bonds is 9. The maximum absolute atomic E-state index is 12.5. The van der Waals surface area contributed by atoms with Gasteiger partial charge in [0.15, 0.2) is 0 Å². The molecular weight excluding hydrogens is 406 g/mol. The van der Waals surface area contributed by atoms with Gasteiger partial charge in [-0.25, -0.2) is 4.68 Å². The van der Waals surface area contributed by atoms with Gasteiger partial charge in [-0.1, -0.05) is 18.2 Å². The fraction of sp³-hybridized carbons (Fsp3) is 0.360. The number of nitrogens with one attached hydrogen (secondary N) is 1. The lowest BCUT2D eigenvalue weighted by Gasteiger charge is -2.11. The first-order valence-corrected chi connectivity index (χ1v) is 10.9. The van der Waals surface area contributed by atoms with Crippen LogP contribution < -0.4 is 14.8 Å². The number of ether oxygens (including phenoxy) is 3. The summed E-state index contributed by atoms with van der Waals surface area (Å²) < 4.78 is 18.4. The number of hydrogen-bond donors (Lipinski definition) is 1. The second-order valence-corrected chi connectivity index (χ2v) is 7.79. The molecule has 0 unspecified atom stereocenters. The third kappa shape index (κ3) is 5.11. The van der Waals surface area contributed by atoms with E-state index in [1.54, 1.807) is 14.2 Å². The molecule has 168 valence electrons. The number of carbonyl (C=O) groups is 1. The minimum atomic E-state index is 0.0107. The molecule has 7 heteroatoms. The Balaban J connectivity index is 1.59. The molecule has 0 bridgehead atoms. The van der Waals surface area contributed by atoms with Crippen molar-refractivity contribution in [2.24, 2.45) is 0 Å². The summed E-state index contributed by atoms with van der Waals surface area (Å²) in [6, 6.07) is 15.6. The summed E-state index contributed by atoms with van der Waals surface area (Å²) >= 11 is 0. The fourth-order valence-corrected chi connectivity index (χ4v) is 3.90. The minimum absolute atomic E-state index is 0.0107. The van der Waals surface area contributed by atoms with Crippen LogP contribution in [0.25, 0.3) is 16.9 Å². The number of amides is 1. The quantitative estimate of drug-likeness (QED) is 0.554. The van der Waals surface area contributed by atoms with Gasteiger partial charge in [-0.3, -0.25) is 4.79 Å². The van der Waals surface area contributed by atoms with Crippen LogP contribution in [0.1, 0.15) is 24.8 Å². The third-order valence-electron chi connectivity index (χ3n) is 5.64. The lowest BCUT2D eigenvalue weighted by Crippen LogP contribution is -2.31. The Labute approximate surface area is 188 Å². The molecule has 0 aliphatic carbocycles. The molecule has 1 fully saturated rings. The molecule has 2 aromatic carbocycles. The van der Waals surface area contributed by atoms with E-state index in [4.69, 9.17) is 19.3 Å². The van der Waals surface area contributed by atoms with Gasteiger partial charge in [0.25, 0.3) is 0 Å². The molecular formula is C25H29N3O4. The van der Waals surface area contributed by atoms with Gasteiger partial charge in [0.05, 0.1) is 31.7 Å². The highest BCUT2D eigenvalue weighted by Gasteiger charge is 2.19. The van der Waals surface area contributed by atoms with Gasteiger partial charge >= 0.3 is 0 Å². The first-order chi connectivity index (χ1) is 15.7. The smallest absolute Gasteiger partial charge is 0.220 e. The molecule has 7 nitrogen and oxygen atoms in total. The molecule has 4 rings (SSSR count). The molecule has 0 saturated carbocycles. The summed E-state index contributed by atoms with van der Waals surface area (Å²) in [4.78, 5) is 12.5. The Morgan fingerprint density at radius 1 is 1.19 bits per heavy atom. The molecule has 1 N–H and O–H groups in total. The van der Waals surface area contributed by atoms with E-state index in [9.17, 15) is 4.79 Å². The number of aromatic nitrogens is 2. The van der Waals surface area contributed by atoms with Gasteiger partial charge in [-0.2, -0.15) is 5.10 Å².